The van der Waals surface area contributed by atoms with E-state index in [2.05, 4.69) is 47.6 Å². The molecule has 0 aromatic rings. The van der Waals surface area contributed by atoms with E-state index in [4.69, 9.17) is 0 Å². The molecule has 2 saturated carbocycles. The van der Waals surface area contributed by atoms with Crippen molar-refractivity contribution in [1.82, 2.24) is 0 Å². The van der Waals surface area contributed by atoms with Crippen molar-refractivity contribution in [1.29, 1.82) is 0 Å². The smallest absolute Gasteiger partial charge is 0.159 e. The number of ketones is 1. The first-order valence-corrected chi connectivity index (χ1v) is 13.6. The number of hydrogen-bond acceptors (Lipinski definition) is 4. The van der Waals surface area contributed by atoms with E-state index >= 15 is 0 Å². The molecule has 0 spiro atoms. The first-order valence-electron chi connectivity index (χ1n) is 13.6. The largest absolute Gasteiger partial charge is 0.393 e. The molecule has 4 rings (SSSR count). The number of Topliss-reactive ketones (excluding diaryl/α,β-unsaturated/α-hetero) is 1. The average Bonchev–Trinajstić information content (AvgIpc) is 3.03. The molecular weight excluding hydrogens is 424 g/mol. The zero-order chi connectivity index (χ0) is 25.3. The highest BCUT2D eigenvalue weighted by Crippen LogP contribution is 2.71. The molecule has 4 nitrogen and oxygen atoms in total. The molecule has 192 valence electrons. The third-order valence-electron chi connectivity index (χ3n) is 11.6. The molecule has 2 fully saturated rings. The second kappa shape index (κ2) is 8.56. The number of rotatable bonds is 5. The number of hydrogen-bond donors (Lipinski definition) is 3. The van der Waals surface area contributed by atoms with Crippen molar-refractivity contribution in [3.05, 3.63) is 22.8 Å². The van der Waals surface area contributed by atoms with Crippen LogP contribution in [0.2, 0.25) is 0 Å². The molecule has 0 heterocycles. The minimum absolute atomic E-state index is 0.0651. The van der Waals surface area contributed by atoms with E-state index in [1.54, 1.807) is 0 Å². The highest BCUT2D eigenvalue weighted by Gasteiger charge is 2.67. The number of aliphatic hydroxyl groups excluding tert-OH is 3. The molecule has 4 aliphatic carbocycles. The number of carbonyl (C=O) groups excluding carboxylic acids is 1. The Morgan fingerprint density at radius 1 is 1.12 bits per heavy atom. The molecule has 4 heteroatoms. The van der Waals surface area contributed by atoms with Crippen LogP contribution in [-0.2, 0) is 4.79 Å². The predicted molar refractivity (Wildman–Crippen MR) is 136 cm³/mol. The van der Waals surface area contributed by atoms with Crippen LogP contribution < -0.4 is 0 Å². The average molecular weight is 473 g/mol. The number of carbonyl (C=O) groups is 1. The summed E-state index contributed by atoms with van der Waals surface area (Å²) in [5.74, 6) is 1.25. The number of allylic oxidation sites excluding steroid dienone is 2. The van der Waals surface area contributed by atoms with Gasteiger partial charge in [-0.25, -0.2) is 0 Å². The maximum atomic E-state index is 13.9. The third-order valence-corrected chi connectivity index (χ3v) is 11.6. The second-order valence-electron chi connectivity index (χ2n) is 13.6. The van der Waals surface area contributed by atoms with E-state index < -0.39 is 12.2 Å². The fourth-order valence-corrected chi connectivity index (χ4v) is 9.24. The summed E-state index contributed by atoms with van der Waals surface area (Å²) in [4.78, 5) is 13.9. The lowest BCUT2D eigenvalue weighted by molar-refractivity contribution is -0.138. The molecule has 4 aliphatic rings. The highest BCUT2D eigenvalue weighted by atomic mass is 16.3. The lowest BCUT2D eigenvalue weighted by Gasteiger charge is -2.62. The maximum Gasteiger partial charge on any atom is 0.159 e. The van der Waals surface area contributed by atoms with Gasteiger partial charge in [0.15, 0.2) is 5.78 Å². The van der Waals surface area contributed by atoms with Crippen molar-refractivity contribution in [2.45, 2.75) is 112 Å². The van der Waals surface area contributed by atoms with Crippen molar-refractivity contribution >= 4 is 5.78 Å². The van der Waals surface area contributed by atoms with Crippen molar-refractivity contribution in [3.8, 4) is 0 Å². The Morgan fingerprint density at radius 2 is 1.79 bits per heavy atom. The van der Waals surface area contributed by atoms with Gasteiger partial charge in [-0.05, 0) is 91.4 Å². The maximum absolute atomic E-state index is 13.9. The van der Waals surface area contributed by atoms with Crippen molar-refractivity contribution in [2.75, 3.05) is 6.61 Å². The fourth-order valence-electron chi connectivity index (χ4n) is 9.24. The van der Waals surface area contributed by atoms with Crippen LogP contribution in [0.15, 0.2) is 22.8 Å². The van der Waals surface area contributed by atoms with Crippen LogP contribution in [0.25, 0.3) is 0 Å². The van der Waals surface area contributed by atoms with Gasteiger partial charge in [0.1, 0.15) is 0 Å². The lowest BCUT2D eigenvalue weighted by atomic mass is 9.42. The summed E-state index contributed by atoms with van der Waals surface area (Å²) in [6.07, 6.45) is 8.08. The quantitative estimate of drug-likeness (QED) is 0.455. The molecule has 0 radical (unpaired) electrons. The summed E-state index contributed by atoms with van der Waals surface area (Å²) < 4.78 is 0. The standard InChI is InChI=1S/C30H48O4/c1-18(17-31)9-8-10-19(2)20-11-14-29(6)26-21(32)15-23-27(3,4)24(34)12-13-28(23,5)25(26)22(33)16-30(20,29)7/h9,19-20,22-24,31,33-34H,8,10-17H2,1-7H3/t19-,20-,22+,23+,24+,28+,29+,30-/m1/s1. The second-order valence-corrected chi connectivity index (χ2v) is 13.6. The van der Waals surface area contributed by atoms with E-state index in [0.717, 1.165) is 61.7 Å². The van der Waals surface area contributed by atoms with E-state index in [1.807, 2.05) is 6.92 Å². The molecule has 34 heavy (non-hydrogen) atoms. The molecule has 0 saturated heterocycles. The monoisotopic (exact) mass is 472 g/mol. The van der Waals surface area contributed by atoms with Gasteiger partial charge in [-0.2, -0.15) is 0 Å². The van der Waals surface area contributed by atoms with E-state index in [1.165, 1.54) is 0 Å². The van der Waals surface area contributed by atoms with Crippen LogP contribution in [-0.4, -0.2) is 39.9 Å². The van der Waals surface area contributed by atoms with Crippen LogP contribution in [0.3, 0.4) is 0 Å². The molecule has 0 amide bonds. The normalized spacial score (nSPS) is 45.0. The summed E-state index contributed by atoms with van der Waals surface area (Å²) in [6.45, 7) is 15.6. The first kappa shape index (κ1) is 26.1. The topological polar surface area (TPSA) is 77.8 Å². The summed E-state index contributed by atoms with van der Waals surface area (Å²) in [7, 11) is 0. The van der Waals surface area contributed by atoms with E-state index in [-0.39, 0.29) is 40.0 Å². The van der Waals surface area contributed by atoms with Crippen LogP contribution in [0, 0.1) is 39.4 Å². The van der Waals surface area contributed by atoms with Gasteiger partial charge in [-0.15, -0.1) is 0 Å². The van der Waals surface area contributed by atoms with Crippen LogP contribution in [0.4, 0.5) is 0 Å². The van der Waals surface area contributed by atoms with Crippen LogP contribution in [0.1, 0.15) is 99.8 Å². The van der Waals surface area contributed by atoms with Gasteiger partial charge in [-0.1, -0.05) is 53.2 Å². The van der Waals surface area contributed by atoms with Crippen molar-refractivity contribution in [3.63, 3.8) is 0 Å². The molecule has 0 aromatic heterocycles. The lowest BCUT2D eigenvalue weighted by Crippen LogP contribution is -2.59. The molecule has 0 unspecified atom stereocenters. The Labute approximate surface area is 206 Å². The van der Waals surface area contributed by atoms with Gasteiger partial charge < -0.3 is 15.3 Å². The molecular formula is C30H48O4. The van der Waals surface area contributed by atoms with Gasteiger partial charge in [0.25, 0.3) is 0 Å². The Hall–Kier alpha value is -0.970. The summed E-state index contributed by atoms with van der Waals surface area (Å²) >= 11 is 0. The van der Waals surface area contributed by atoms with E-state index in [0.29, 0.717) is 18.3 Å². The van der Waals surface area contributed by atoms with Gasteiger partial charge in [-0.3, -0.25) is 4.79 Å². The first-order chi connectivity index (χ1) is 15.7. The third kappa shape index (κ3) is 3.53. The minimum atomic E-state index is -0.583. The minimum Gasteiger partial charge on any atom is -0.393 e. The number of fused-ring (bicyclic) bond motifs is 4. The van der Waals surface area contributed by atoms with E-state index in [9.17, 15) is 20.1 Å². The highest BCUT2D eigenvalue weighted by molar-refractivity contribution is 6.00. The van der Waals surface area contributed by atoms with Crippen LogP contribution >= 0.6 is 0 Å². The van der Waals surface area contributed by atoms with Crippen molar-refractivity contribution in [2.24, 2.45) is 39.4 Å². The molecule has 0 aromatic carbocycles. The van der Waals surface area contributed by atoms with Gasteiger partial charge in [0.2, 0.25) is 0 Å². The Bertz CT molecular complexity index is 899. The summed E-state index contributed by atoms with van der Waals surface area (Å²) in [6, 6.07) is 0. The molecule has 3 N–H and O–H groups in total. The Kier molecular flexibility index (Phi) is 6.57. The summed E-state index contributed by atoms with van der Waals surface area (Å²) in [5.41, 5.74) is 2.13. The zero-order valence-corrected chi connectivity index (χ0v) is 22.6. The Morgan fingerprint density at radius 3 is 2.44 bits per heavy atom. The SMILES string of the molecule is CC(=CCC[C@@H](C)[C@H]1CC[C@@]2(C)C3=C([C@@H](O)C[C@]12C)[C@@]1(C)CC[C@H](O)C(C)(C)[C@@H]1CC3=O)CO. The Balaban J connectivity index is 1.72. The van der Waals surface area contributed by atoms with Crippen molar-refractivity contribution < 1.29 is 20.1 Å². The fraction of sp³-hybridized carbons (Fsp3) is 0.833. The molecule has 8 atom stereocenters. The van der Waals surface area contributed by atoms with Gasteiger partial charge in [0.05, 0.1) is 18.8 Å². The summed E-state index contributed by atoms with van der Waals surface area (Å²) in [5, 5.41) is 31.9. The zero-order valence-electron chi connectivity index (χ0n) is 22.6. The van der Waals surface area contributed by atoms with Crippen LogP contribution in [0.5, 0.6) is 0 Å². The predicted octanol–water partition coefficient (Wildman–Crippen LogP) is 5.60. The molecule has 0 aliphatic heterocycles. The van der Waals surface area contributed by atoms with Gasteiger partial charge >= 0.3 is 0 Å². The number of aliphatic hydroxyl groups is 3. The molecule has 0 bridgehead atoms. The van der Waals surface area contributed by atoms with Gasteiger partial charge in [0, 0.05) is 17.4 Å².